The van der Waals surface area contributed by atoms with Gasteiger partial charge < -0.3 is 64.2 Å². The Morgan fingerprint density at radius 2 is 1.37 bits per heavy atom. The Balaban J connectivity index is 0.892. The molecule has 0 radical (unpaired) electrons. The van der Waals surface area contributed by atoms with Crippen LogP contribution >= 0.6 is 0 Å². The minimum Gasteiger partial charge on any atom is -0.394 e. The first kappa shape index (κ1) is 38.4. The molecule has 8 aliphatic rings. The SMILES string of the molecule is CC1CCC2(OC1)OC1CC3C4CCC5CC(O[C@@H]6O[C@H](CO)[C@@H](O[C@@H]7O[C@H](CO)[C@@H](O)[C@@H](O)[C@H]7O)[C@@H](O)[C@H]6O)CCC5(C)C4CCC3(C)C1C2C. The normalized spacial score (nSPS) is 59.0. The van der Waals surface area contributed by atoms with Crippen molar-refractivity contribution in [3.8, 4) is 0 Å². The van der Waals surface area contributed by atoms with Crippen LogP contribution in [-0.4, -0.2) is 135 Å². The van der Waals surface area contributed by atoms with E-state index in [1.165, 1.54) is 25.7 Å². The summed E-state index contributed by atoms with van der Waals surface area (Å²) in [6.07, 6.45) is -3.66. The van der Waals surface area contributed by atoms with E-state index in [4.69, 9.17) is 28.4 Å². The van der Waals surface area contributed by atoms with Gasteiger partial charge in [-0.25, -0.2) is 0 Å². The van der Waals surface area contributed by atoms with Gasteiger partial charge in [0.25, 0.3) is 0 Å². The molecule has 8 fully saturated rings. The Labute approximate surface area is 307 Å². The van der Waals surface area contributed by atoms with Crippen molar-refractivity contribution in [1.29, 1.82) is 0 Å². The summed E-state index contributed by atoms with van der Waals surface area (Å²) in [6.45, 7) is 9.33. The number of aliphatic hydroxyl groups is 7. The summed E-state index contributed by atoms with van der Waals surface area (Å²) >= 11 is 0. The standard InChI is InChI=1S/C39H64O13/c1-18-7-12-39(47-17-18)19(2)28-25(52-39)14-24-22-6-5-20-13-21(8-10-37(20,3)23(22)9-11-38(24,28)4)48-35-33(46)31(44)34(27(16-41)50-35)51-36-32(45)30(43)29(42)26(15-40)49-36/h18-36,40-46H,5-17H2,1-4H3/t18?,19?,20?,21?,22?,23?,24?,25?,26-,27-,28?,29-,30-,31+,32-,33-,34-,35-,36+,37?,38?,39?/m1/s1. The number of aliphatic hydroxyl groups excluding tert-OH is 7. The van der Waals surface area contributed by atoms with Crippen LogP contribution in [0.25, 0.3) is 0 Å². The highest BCUT2D eigenvalue weighted by atomic mass is 16.7. The zero-order valence-corrected chi connectivity index (χ0v) is 31.2. The number of fused-ring (bicyclic) bond motifs is 7. The molecule has 12 unspecified atom stereocenters. The molecule has 4 saturated heterocycles. The van der Waals surface area contributed by atoms with E-state index in [1.54, 1.807) is 0 Å². The molecule has 13 heteroatoms. The molecule has 0 aromatic heterocycles. The maximum atomic E-state index is 11.2. The second-order valence-corrected chi connectivity index (χ2v) is 18.7. The lowest BCUT2D eigenvalue weighted by atomic mass is 9.44. The van der Waals surface area contributed by atoms with E-state index >= 15 is 0 Å². The second kappa shape index (κ2) is 14.1. The van der Waals surface area contributed by atoms with Crippen LogP contribution in [0.4, 0.5) is 0 Å². The van der Waals surface area contributed by atoms with Crippen molar-refractivity contribution in [3.63, 3.8) is 0 Å². The minimum atomic E-state index is -1.71. The number of rotatable bonds is 6. The predicted octanol–water partition coefficient (Wildman–Crippen LogP) is 1.44. The zero-order valence-electron chi connectivity index (χ0n) is 31.2. The van der Waals surface area contributed by atoms with Gasteiger partial charge in [-0.3, -0.25) is 0 Å². The van der Waals surface area contributed by atoms with Crippen molar-refractivity contribution >= 4 is 0 Å². The van der Waals surface area contributed by atoms with Gasteiger partial charge in [-0.2, -0.15) is 0 Å². The van der Waals surface area contributed by atoms with Gasteiger partial charge in [-0.15, -0.1) is 0 Å². The maximum Gasteiger partial charge on any atom is 0.187 e. The molecule has 4 aliphatic carbocycles. The van der Waals surface area contributed by atoms with Crippen LogP contribution in [0.2, 0.25) is 0 Å². The van der Waals surface area contributed by atoms with Crippen LogP contribution in [0, 0.1) is 52.3 Å². The highest BCUT2D eigenvalue weighted by Crippen LogP contribution is 2.71. The molecular formula is C39H64O13. The molecule has 0 aromatic carbocycles. The second-order valence-electron chi connectivity index (χ2n) is 18.7. The summed E-state index contributed by atoms with van der Waals surface area (Å²) in [5, 5.41) is 72.8. The van der Waals surface area contributed by atoms with Crippen molar-refractivity contribution in [3.05, 3.63) is 0 Å². The first-order valence-corrected chi connectivity index (χ1v) is 20.3. The van der Waals surface area contributed by atoms with E-state index in [1.807, 2.05) is 0 Å². The maximum absolute atomic E-state index is 11.2. The van der Waals surface area contributed by atoms with Gasteiger partial charge in [0, 0.05) is 12.3 Å². The average Bonchev–Trinajstić information content (AvgIpc) is 3.58. The van der Waals surface area contributed by atoms with Gasteiger partial charge in [-0.1, -0.05) is 27.7 Å². The first-order valence-electron chi connectivity index (χ1n) is 20.3. The Bertz CT molecular complexity index is 1260. The van der Waals surface area contributed by atoms with Crippen LogP contribution in [-0.2, 0) is 28.4 Å². The molecular weight excluding hydrogens is 676 g/mol. The molecule has 298 valence electrons. The molecule has 4 heterocycles. The summed E-state index contributed by atoms with van der Waals surface area (Å²) in [7, 11) is 0. The Morgan fingerprint density at radius 3 is 2.08 bits per heavy atom. The average molecular weight is 741 g/mol. The molecule has 0 bridgehead atoms. The summed E-state index contributed by atoms with van der Waals surface area (Å²) in [5.41, 5.74) is 0.468. The summed E-state index contributed by atoms with van der Waals surface area (Å²) < 4.78 is 37.0. The summed E-state index contributed by atoms with van der Waals surface area (Å²) in [4.78, 5) is 0. The van der Waals surface area contributed by atoms with Crippen LogP contribution in [0.3, 0.4) is 0 Å². The highest BCUT2D eigenvalue weighted by molar-refractivity contribution is 5.15. The van der Waals surface area contributed by atoms with Gasteiger partial charge in [0.2, 0.25) is 0 Å². The van der Waals surface area contributed by atoms with E-state index in [9.17, 15) is 35.7 Å². The third kappa shape index (κ3) is 5.98. The van der Waals surface area contributed by atoms with Crippen LogP contribution in [0.5, 0.6) is 0 Å². The van der Waals surface area contributed by atoms with Crippen LogP contribution in [0.1, 0.15) is 91.9 Å². The van der Waals surface area contributed by atoms with E-state index in [0.29, 0.717) is 41.4 Å². The Morgan fingerprint density at radius 1 is 0.673 bits per heavy atom. The molecule has 4 aliphatic heterocycles. The van der Waals surface area contributed by atoms with Crippen molar-refractivity contribution in [2.24, 2.45) is 52.3 Å². The minimum absolute atomic E-state index is 0.188. The summed E-state index contributed by atoms with van der Waals surface area (Å²) in [5.74, 6) is 3.63. The lowest BCUT2D eigenvalue weighted by molar-refractivity contribution is -0.364. The zero-order chi connectivity index (χ0) is 36.9. The van der Waals surface area contributed by atoms with E-state index in [0.717, 1.165) is 45.1 Å². The van der Waals surface area contributed by atoms with Gasteiger partial charge in [-0.05, 0) is 104 Å². The van der Waals surface area contributed by atoms with Gasteiger partial charge >= 0.3 is 0 Å². The molecule has 0 amide bonds. The van der Waals surface area contributed by atoms with E-state index in [2.05, 4.69) is 27.7 Å². The summed E-state index contributed by atoms with van der Waals surface area (Å²) in [6, 6.07) is 0. The Kier molecular flexibility index (Phi) is 10.4. The molecule has 8 rings (SSSR count). The number of hydrogen-bond acceptors (Lipinski definition) is 13. The molecule has 0 aromatic rings. The number of hydrogen-bond donors (Lipinski definition) is 7. The third-order valence-electron chi connectivity index (χ3n) is 16.2. The van der Waals surface area contributed by atoms with Crippen LogP contribution < -0.4 is 0 Å². The quantitative estimate of drug-likeness (QED) is 0.194. The highest BCUT2D eigenvalue weighted by Gasteiger charge is 2.69. The molecule has 13 nitrogen and oxygen atoms in total. The predicted molar refractivity (Wildman–Crippen MR) is 183 cm³/mol. The van der Waals surface area contributed by atoms with E-state index in [-0.39, 0.29) is 23.0 Å². The van der Waals surface area contributed by atoms with Crippen molar-refractivity contribution in [2.45, 2.75) is 171 Å². The fraction of sp³-hybridized carbons (Fsp3) is 1.00. The monoisotopic (exact) mass is 740 g/mol. The van der Waals surface area contributed by atoms with Gasteiger partial charge in [0.1, 0.15) is 48.8 Å². The van der Waals surface area contributed by atoms with Crippen molar-refractivity contribution < 1.29 is 64.2 Å². The van der Waals surface area contributed by atoms with Crippen LogP contribution in [0.15, 0.2) is 0 Å². The topological polar surface area (TPSA) is 197 Å². The Hall–Kier alpha value is -0.520. The molecule has 7 N–H and O–H groups in total. The largest absolute Gasteiger partial charge is 0.394 e. The molecule has 4 saturated carbocycles. The third-order valence-corrected chi connectivity index (χ3v) is 16.2. The van der Waals surface area contributed by atoms with E-state index < -0.39 is 80.4 Å². The van der Waals surface area contributed by atoms with Gasteiger partial charge in [0.05, 0.1) is 32.0 Å². The number of ether oxygens (including phenoxy) is 6. The smallest absolute Gasteiger partial charge is 0.187 e. The lowest BCUT2D eigenvalue weighted by Crippen LogP contribution is -2.65. The molecule has 1 spiro atoms. The van der Waals surface area contributed by atoms with Gasteiger partial charge in [0.15, 0.2) is 18.4 Å². The first-order chi connectivity index (χ1) is 24.7. The molecule has 22 atom stereocenters. The van der Waals surface area contributed by atoms with Crippen molar-refractivity contribution in [1.82, 2.24) is 0 Å². The fourth-order valence-electron chi connectivity index (χ4n) is 13.2. The fourth-order valence-corrected chi connectivity index (χ4v) is 13.2. The molecule has 52 heavy (non-hydrogen) atoms. The lowest BCUT2D eigenvalue weighted by Gasteiger charge is -2.61. The van der Waals surface area contributed by atoms with Crippen molar-refractivity contribution in [2.75, 3.05) is 19.8 Å².